The third-order valence-electron chi connectivity index (χ3n) is 4.10. The van der Waals surface area contributed by atoms with Crippen LogP contribution in [-0.2, 0) is 37.1 Å². The summed E-state index contributed by atoms with van der Waals surface area (Å²) >= 11 is 0. The lowest BCUT2D eigenvalue weighted by atomic mass is 10.0. The summed E-state index contributed by atoms with van der Waals surface area (Å²) in [6.07, 6.45) is -0.751. The van der Waals surface area contributed by atoms with Crippen molar-refractivity contribution in [3.8, 4) is 0 Å². The summed E-state index contributed by atoms with van der Waals surface area (Å²) in [4.78, 5) is 0. The largest absolute Gasteiger partial charge is 0.456 e. The van der Waals surface area contributed by atoms with E-state index in [0.29, 0.717) is 5.39 Å². The van der Waals surface area contributed by atoms with Gasteiger partial charge in [-0.1, -0.05) is 30.3 Å². The Kier molecular flexibility index (Phi) is 3.78. The van der Waals surface area contributed by atoms with Crippen molar-refractivity contribution in [3.05, 3.63) is 42.0 Å². The van der Waals surface area contributed by atoms with Crippen LogP contribution in [0.15, 0.2) is 36.4 Å². The second kappa shape index (κ2) is 5.20. The van der Waals surface area contributed by atoms with Crippen LogP contribution in [0.4, 0.5) is 5.69 Å². The van der Waals surface area contributed by atoms with E-state index >= 15 is 0 Å². The first-order valence-corrected chi connectivity index (χ1v) is 10.9. The lowest BCUT2D eigenvalue weighted by molar-refractivity contribution is 0.362. The van der Waals surface area contributed by atoms with Crippen molar-refractivity contribution in [2.75, 3.05) is 0 Å². The van der Waals surface area contributed by atoms with Gasteiger partial charge in [-0.3, -0.25) is 4.55 Å². The summed E-state index contributed by atoms with van der Waals surface area (Å²) in [6, 6.07) is 8.57. The highest BCUT2D eigenvalue weighted by Gasteiger charge is 2.70. The zero-order chi connectivity index (χ0) is 18.8. The van der Waals surface area contributed by atoms with Gasteiger partial charge in [-0.2, -0.15) is 8.42 Å². The van der Waals surface area contributed by atoms with Crippen LogP contribution >= 0.6 is 0 Å². The van der Waals surface area contributed by atoms with E-state index in [1.807, 2.05) is 0 Å². The molecule has 2 aromatic rings. The first kappa shape index (κ1) is 18.2. The average Bonchev–Trinajstić information content (AvgIpc) is 2.83. The normalized spacial score (nSPS) is 20.5. The van der Waals surface area contributed by atoms with Gasteiger partial charge in [0.25, 0.3) is 5.37 Å². The Bertz CT molecular complexity index is 1170. The quantitative estimate of drug-likeness (QED) is 0.483. The van der Waals surface area contributed by atoms with Crippen LogP contribution in [-0.4, -0.2) is 44.3 Å². The van der Waals surface area contributed by atoms with Crippen LogP contribution in [0.25, 0.3) is 10.8 Å². The first-order chi connectivity index (χ1) is 11.3. The fourth-order valence-electron chi connectivity index (χ4n) is 3.21. The molecule has 3 N–H and O–H groups in total. The van der Waals surface area contributed by atoms with Gasteiger partial charge in [-0.25, -0.2) is 9.11 Å². The van der Waals surface area contributed by atoms with Crippen molar-refractivity contribution in [1.82, 2.24) is 3.29 Å². The van der Waals surface area contributed by atoms with E-state index < -0.39 is 51.5 Å². The molecule has 0 saturated heterocycles. The highest BCUT2D eigenvalue weighted by molar-refractivity contribution is 8.03. The van der Waals surface area contributed by atoms with Crippen molar-refractivity contribution in [3.63, 3.8) is 0 Å². The number of hydrogen-bond acceptors (Lipinski definition) is 6. The molecule has 1 aliphatic heterocycles. The molecule has 1 unspecified atom stereocenters. The molecule has 25 heavy (non-hydrogen) atoms. The van der Waals surface area contributed by atoms with E-state index in [4.69, 9.17) is 0 Å². The maximum Gasteiger partial charge on any atom is 0.456 e. The lowest BCUT2D eigenvalue weighted by Crippen LogP contribution is -2.64. The molecule has 3 rings (SSSR count). The van der Waals surface area contributed by atoms with Crippen molar-refractivity contribution >= 4 is 47.2 Å². The molecule has 2 aromatic carbocycles. The van der Waals surface area contributed by atoms with Crippen LogP contribution < -0.4 is 3.29 Å². The smallest absolute Gasteiger partial charge is 0.281 e. The zero-order valence-electron chi connectivity index (χ0n) is 12.2. The van der Waals surface area contributed by atoms with Crippen LogP contribution in [0.3, 0.4) is 0 Å². The van der Waals surface area contributed by atoms with Gasteiger partial charge in [0.05, 0.1) is 6.42 Å². The molecule has 0 aromatic heterocycles. The number of hydrogen-bond donors (Lipinski definition) is 3. The minimum atomic E-state index is -5.80. The fraction of sp³-hybridized carbons (Fsp3) is 0.167. The summed E-state index contributed by atoms with van der Waals surface area (Å²) < 4.78 is 97.8. The van der Waals surface area contributed by atoms with Gasteiger partial charge in [-0.05, 0) is 14.7 Å². The molecule has 0 spiro atoms. The van der Waals surface area contributed by atoms with Crippen molar-refractivity contribution < 1.29 is 38.9 Å². The van der Waals surface area contributed by atoms with Crippen LogP contribution in [0.5, 0.6) is 0 Å². The topological polar surface area (TPSA) is 163 Å². The van der Waals surface area contributed by atoms with Gasteiger partial charge in [0.1, 0.15) is 0 Å². The summed E-state index contributed by atoms with van der Waals surface area (Å²) in [5.74, 6) is 0. The molecule has 0 radical (unpaired) electrons. The number of quaternary nitrogens is 1. The van der Waals surface area contributed by atoms with E-state index in [9.17, 15) is 38.9 Å². The second-order valence-electron chi connectivity index (χ2n) is 5.46. The Hall–Kier alpha value is -1.61. The van der Waals surface area contributed by atoms with E-state index in [2.05, 4.69) is 0 Å². The van der Waals surface area contributed by atoms with E-state index in [-0.39, 0.29) is 10.9 Å². The van der Waals surface area contributed by atoms with Gasteiger partial charge < -0.3 is 0 Å². The monoisotopic (exact) mass is 410 g/mol. The highest BCUT2D eigenvalue weighted by atomic mass is 32.3. The van der Waals surface area contributed by atoms with E-state index in [1.54, 1.807) is 6.07 Å². The SMILES string of the molecule is O=S(=O)(O)C1Cc2ccc3ccccc3c2[N+]1(S(=O)(=O)O)S(=O)(=O)O. The zero-order valence-corrected chi connectivity index (χ0v) is 14.7. The number of benzene rings is 2. The van der Waals surface area contributed by atoms with Crippen molar-refractivity contribution in [1.29, 1.82) is 0 Å². The minimum absolute atomic E-state index is 0.0126. The van der Waals surface area contributed by atoms with Gasteiger partial charge in [-0.15, -0.1) is 16.8 Å². The Labute approximate surface area is 143 Å². The summed E-state index contributed by atoms with van der Waals surface area (Å²) in [5, 5.41) is -2.26. The minimum Gasteiger partial charge on any atom is -0.281 e. The molecule has 0 bridgehead atoms. The molecule has 1 heterocycles. The lowest BCUT2D eigenvalue weighted by Gasteiger charge is -2.29. The molecule has 0 fully saturated rings. The molecule has 0 aliphatic carbocycles. The predicted octanol–water partition coefficient (Wildman–Crippen LogP) is 0.523. The van der Waals surface area contributed by atoms with Gasteiger partial charge in [0.2, 0.25) is 0 Å². The molecular formula is C12H12NO9S3+. The van der Waals surface area contributed by atoms with E-state index in [1.165, 1.54) is 30.3 Å². The highest BCUT2D eigenvalue weighted by Crippen LogP contribution is 2.49. The third kappa shape index (κ3) is 2.39. The van der Waals surface area contributed by atoms with Crippen LogP contribution in [0.1, 0.15) is 5.56 Å². The number of rotatable bonds is 3. The Balaban J connectivity index is 2.66. The van der Waals surface area contributed by atoms with Crippen molar-refractivity contribution in [2.45, 2.75) is 11.8 Å². The van der Waals surface area contributed by atoms with Crippen molar-refractivity contribution in [2.24, 2.45) is 0 Å². The molecule has 1 aliphatic rings. The molecule has 10 nitrogen and oxygen atoms in total. The first-order valence-electron chi connectivity index (χ1n) is 6.63. The van der Waals surface area contributed by atoms with E-state index in [0.717, 1.165) is 0 Å². The number of nitrogens with zero attached hydrogens (tertiary/aromatic N) is 1. The standard InChI is InChI=1S/C12H11NO9S3/c14-23(15,16)11-7-9-6-5-8-3-1-2-4-10(8)12(9)13(11,24(17,18)19)25(20,21)22/h1-6,11H,7H2,(H2-,14,15,16,17,18,19,20,21,22)/p+1. The molecule has 0 amide bonds. The molecule has 13 heteroatoms. The van der Waals surface area contributed by atoms with Crippen LogP contribution in [0, 0.1) is 0 Å². The Morgan fingerprint density at radius 3 is 1.92 bits per heavy atom. The maximum atomic E-state index is 12.1. The molecule has 136 valence electrons. The predicted molar refractivity (Wildman–Crippen MR) is 87.9 cm³/mol. The maximum absolute atomic E-state index is 12.1. The second-order valence-corrected chi connectivity index (χ2v) is 10.2. The van der Waals surface area contributed by atoms with Gasteiger partial charge in [0.15, 0.2) is 5.69 Å². The van der Waals surface area contributed by atoms with Gasteiger partial charge in [0, 0.05) is 10.9 Å². The average molecular weight is 410 g/mol. The Morgan fingerprint density at radius 2 is 1.40 bits per heavy atom. The number of fused-ring (bicyclic) bond motifs is 3. The summed E-state index contributed by atoms with van der Waals surface area (Å²) in [5.41, 5.74) is -0.720. The van der Waals surface area contributed by atoms with Gasteiger partial charge >= 0.3 is 30.7 Å². The summed E-state index contributed by atoms with van der Waals surface area (Å²) in [6.45, 7) is 0. The molecule has 1 atom stereocenters. The molecular weight excluding hydrogens is 398 g/mol. The fourth-order valence-corrected chi connectivity index (χ4v) is 7.95. The Morgan fingerprint density at radius 1 is 0.840 bits per heavy atom. The summed E-state index contributed by atoms with van der Waals surface area (Å²) in [7, 11) is -16.9. The third-order valence-corrected chi connectivity index (χ3v) is 8.91. The molecule has 0 saturated carbocycles. The van der Waals surface area contributed by atoms with Crippen LogP contribution in [0.2, 0.25) is 0 Å².